The highest BCUT2D eigenvalue weighted by Gasteiger charge is 2.20. The minimum Gasteiger partial charge on any atom is -0.393 e. The fourth-order valence-electron chi connectivity index (χ4n) is 1.71. The van der Waals surface area contributed by atoms with Crippen molar-refractivity contribution < 1.29 is 9.90 Å². The first kappa shape index (κ1) is 15.2. The lowest BCUT2D eigenvalue weighted by Crippen LogP contribution is -2.46. The average molecular weight is 230 g/mol. The molecule has 1 rings (SSSR count). The van der Waals surface area contributed by atoms with E-state index in [0.29, 0.717) is 0 Å². The summed E-state index contributed by atoms with van der Waals surface area (Å²) >= 11 is 0. The van der Waals surface area contributed by atoms with Crippen LogP contribution in [-0.2, 0) is 0 Å². The molecule has 0 saturated heterocycles. The Kier molecular flexibility index (Phi) is 7.99. The van der Waals surface area contributed by atoms with E-state index in [2.05, 4.69) is 10.6 Å². The summed E-state index contributed by atoms with van der Waals surface area (Å²) in [4.78, 5) is 11.3. The van der Waals surface area contributed by atoms with Gasteiger partial charge < -0.3 is 15.7 Å². The highest BCUT2D eigenvalue weighted by atomic mass is 16.3. The van der Waals surface area contributed by atoms with Crippen LogP contribution in [0.2, 0.25) is 0 Å². The van der Waals surface area contributed by atoms with Crippen molar-refractivity contribution >= 4 is 6.03 Å². The molecule has 1 aliphatic carbocycles. The van der Waals surface area contributed by atoms with E-state index in [9.17, 15) is 9.90 Å². The number of nitrogens with one attached hydrogen (secondary N) is 2. The Morgan fingerprint density at radius 3 is 2.12 bits per heavy atom. The van der Waals surface area contributed by atoms with Gasteiger partial charge in [0.05, 0.1) is 6.10 Å². The Morgan fingerprint density at radius 1 is 1.19 bits per heavy atom. The van der Waals surface area contributed by atoms with Gasteiger partial charge in [0.15, 0.2) is 0 Å². The van der Waals surface area contributed by atoms with Crippen molar-refractivity contribution in [3.63, 3.8) is 0 Å². The van der Waals surface area contributed by atoms with Crippen LogP contribution in [0.15, 0.2) is 0 Å². The molecule has 0 heterocycles. The van der Waals surface area contributed by atoms with Gasteiger partial charge in [0, 0.05) is 12.1 Å². The first-order valence-electron chi connectivity index (χ1n) is 6.33. The maximum Gasteiger partial charge on any atom is 0.315 e. The lowest BCUT2D eigenvalue weighted by atomic mass is 9.93. The second-order valence-electron chi connectivity index (χ2n) is 4.28. The van der Waals surface area contributed by atoms with E-state index in [-0.39, 0.29) is 24.2 Å². The van der Waals surface area contributed by atoms with Crippen LogP contribution in [0.3, 0.4) is 0 Å². The molecule has 1 saturated carbocycles. The Morgan fingerprint density at radius 2 is 1.69 bits per heavy atom. The summed E-state index contributed by atoms with van der Waals surface area (Å²) in [6, 6.07) is 0.308. The van der Waals surface area contributed by atoms with E-state index in [0.717, 1.165) is 25.7 Å². The maximum atomic E-state index is 11.3. The van der Waals surface area contributed by atoms with Crippen LogP contribution in [0.5, 0.6) is 0 Å². The van der Waals surface area contributed by atoms with Gasteiger partial charge in [-0.15, -0.1) is 0 Å². The fourth-order valence-corrected chi connectivity index (χ4v) is 1.71. The van der Waals surface area contributed by atoms with Crippen molar-refractivity contribution in [1.29, 1.82) is 0 Å². The SMILES string of the molecule is CC.CC(C)NC(=O)NC1CCC(O)CC1. The van der Waals surface area contributed by atoms with E-state index >= 15 is 0 Å². The van der Waals surface area contributed by atoms with Gasteiger partial charge in [-0.2, -0.15) is 0 Å². The van der Waals surface area contributed by atoms with Gasteiger partial charge in [0.2, 0.25) is 0 Å². The Bertz CT molecular complexity index is 187. The van der Waals surface area contributed by atoms with E-state index in [1.165, 1.54) is 0 Å². The van der Waals surface area contributed by atoms with Crippen molar-refractivity contribution in [3.8, 4) is 0 Å². The lowest BCUT2D eigenvalue weighted by Gasteiger charge is -2.26. The van der Waals surface area contributed by atoms with Gasteiger partial charge in [-0.3, -0.25) is 0 Å². The molecule has 0 aromatic carbocycles. The number of carbonyl (C=O) groups excluding carboxylic acids is 1. The van der Waals surface area contributed by atoms with Crippen molar-refractivity contribution in [2.24, 2.45) is 0 Å². The molecular weight excluding hydrogens is 204 g/mol. The third kappa shape index (κ3) is 6.67. The summed E-state index contributed by atoms with van der Waals surface area (Å²) in [5, 5.41) is 15.0. The van der Waals surface area contributed by atoms with E-state index < -0.39 is 0 Å². The number of aliphatic hydroxyl groups excluding tert-OH is 1. The largest absolute Gasteiger partial charge is 0.393 e. The summed E-state index contributed by atoms with van der Waals surface area (Å²) in [5.41, 5.74) is 0. The summed E-state index contributed by atoms with van der Waals surface area (Å²) in [7, 11) is 0. The zero-order valence-corrected chi connectivity index (χ0v) is 10.9. The molecule has 0 spiro atoms. The van der Waals surface area contributed by atoms with E-state index in [1.54, 1.807) is 0 Å². The number of aliphatic hydroxyl groups is 1. The molecule has 0 unspecified atom stereocenters. The molecular formula is C12H26N2O2. The molecule has 1 aliphatic rings. The number of carbonyl (C=O) groups is 1. The van der Waals surface area contributed by atoms with Gasteiger partial charge in [0.25, 0.3) is 0 Å². The minimum atomic E-state index is -0.166. The molecule has 16 heavy (non-hydrogen) atoms. The van der Waals surface area contributed by atoms with Crippen LogP contribution in [0.25, 0.3) is 0 Å². The zero-order valence-electron chi connectivity index (χ0n) is 10.9. The second kappa shape index (κ2) is 8.39. The quantitative estimate of drug-likeness (QED) is 0.679. The standard InChI is InChI=1S/C10H20N2O2.C2H6/c1-7(2)11-10(14)12-8-3-5-9(13)6-4-8;1-2/h7-9,13H,3-6H2,1-2H3,(H2,11,12,14);1-2H3. The van der Waals surface area contributed by atoms with Gasteiger partial charge in [-0.25, -0.2) is 4.79 Å². The summed E-state index contributed by atoms with van der Waals surface area (Å²) in [5.74, 6) is 0. The Labute approximate surface area is 98.8 Å². The van der Waals surface area contributed by atoms with Crippen molar-refractivity contribution in [3.05, 3.63) is 0 Å². The molecule has 1 fully saturated rings. The molecule has 0 atom stereocenters. The van der Waals surface area contributed by atoms with Crippen molar-refractivity contribution in [2.45, 2.75) is 71.6 Å². The molecule has 4 nitrogen and oxygen atoms in total. The summed E-state index contributed by atoms with van der Waals surface area (Å²) in [6.45, 7) is 7.87. The van der Waals surface area contributed by atoms with E-state index in [1.807, 2.05) is 27.7 Å². The van der Waals surface area contributed by atoms with Crippen LogP contribution in [0.4, 0.5) is 4.79 Å². The third-order valence-corrected chi connectivity index (χ3v) is 2.45. The van der Waals surface area contributed by atoms with Crippen molar-refractivity contribution in [1.82, 2.24) is 10.6 Å². The van der Waals surface area contributed by atoms with Gasteiger partial charge in [-0.05, 0) is 39.5 Å². The summed E-state index contributed by atoms with van der Waals surface area (Å²) < 4.78 is 0. The van der Waals surface area contributed by atoms with Crippen LogP contribution < -0.4 is 10.6 Å². The number of urea groups is 1. The smallest absolute Gasteiger partial charge is 0.315 e. The molecule has 0 aromatic heterocycles. The second-order valence-corrected chi connectivity index (χ2v) is 4.28. The molecule has 96 valence electrons. The average Bonchev–Trinajstić information content (AvgIpc) is 2.23. The van der Waals surface area contributed by atoms with Crippen LogP contribution in [0.1, 0.15) is 53.4 Å². The monoisotopic (exact) mass is 230 g/mol. The number of amides is 2. The predicted octanol–water partition coefficient (Wildman–Crippen LogP) is 2.02. The lowest BCUT2D eigenvalue weighted by molar-refractivity contribution is 0.117. The van der Waals surface area contributed by atoms with E-state index in [4.69, 9.17) is 0 Å². The van der Waals surface area contributed by atoms with Gasteiger partial charge >= 0.3 is 6.03 Å². The Hall–Kier alpha value is -0.770. The molecule has 0 bridgehead atoms. The maximum absolute atomic E-state index is 11.3. The fraction of sp³-hybridized carbons (Fsp3) is 0.917. The first-order valence-corrected chi connectivity index (χ1v) is 6.33. The highest BCUT2D eigenvalue weighted by Crippen LogP contribution is 2.17. The van der Waals surface area contributed by atoms with Crippen LogP contribution in [0, 0.1) is 0 Å². The summed E-state index contributed by atoms with van der Waals surface area (Å²) in [6.07, 6.45) is 3.19. The molecule has 3 N–H and O–H groups in total. The molecule has 4 heteroatoms. The first-order chi connectivity index (χ1) is 7.58. The van der Waals surface area contributed by atoms with Crippen molar-refractivity contribution in [2.75, 3.05) is 0 Å². The highest BCUT2D eigenvalue weighted by molar-refractivity contribution is 5.74. The van der Waals surface area contributed by atoms with Crippen LogP contribution in [-0.4, -0.2) is 29.3 Å². The minimum absolute atomic E-state index is 0.0959. The zero-order chi connectivity index (χ0) is 12.6. The number of rotatable bonds is 2. The number of hydrogen-bond donors (Lipinski definition) is 3. The Balaban J connectivity index is 0.00000106. The van der Waals surface area contributed by atoms with Gasteiger partial charge in [0.1, 0.15) is 0 Å². The normalized spacial score (nSPS) is 24.4. The third-order valence-electron chi connectivity index (χ3n) is 2.45. The number of hydrogen-bond acceptors (Lipinski definition) is 2. The van der Waals surface area contributed by atoms with Crippen LogP contribution >= 0.6 is 0 Å². The predicted molar refractivity (Wildman–Crippen MR) is 66.4 cm³/mol. The molecule has 2 amide bonds. The molecule has 0 radical (unpaired) electrons. The molecule has 0 aliphatic heterocycles. The van der Waals surface area contributed by atoms with Gasteiger partial charge in [-0.1, -0.05) is 13.8 Å². The molecule has 0 aromatic rings. The topological polar surface area (TPSA) is 61.4 Å².